The van der Waals surface area contributed by atoms with Crippen molar-refractivity contribution in [3.8, 4) is 11.3 Å². The minimum atomic E-state index is -0.340. The highest BCUT2D eigenvalue weighted by atomic mass is 19.1. The molecule has 0 bridgehead atoms. The number of anilines is 2. The predicted molar refractivity (Wildman–Crippen MR) is 120 cm³/mol. The second-order valence-electron chi connectivity index (χ2n) is 7.98. The zero-order valence-corrected chi connectivity index (χ0v) is 17.7. The fourth-order valence-corrected chi connectivity index (χ4v) is 4.04. The van der Waals surface area contributed by atoms with Crippen LogP contribution in [0.3, 0.4) is 0 Å². The molecule has 0 radical (unpaired) electrons. The molecule has 0 spiro atoms. The molecular weight excluding hydrogens is 412 g/mol. The number of halogens is 2. The molecule has 2 aromatic heterocycles. The van der Waals surface area contributed by atoms with E-state index in [4.69, 9.17) is 10.7 Å². The number of nitrogen functional groups attached to an aromatic ring is 1. The van der Waals surface area contributed by atoms with E-state index >= 15 is 0 Å². The number of hydrogen-bond acceptors (Lipinski definition) is 6. The van der Waals surface area contributed by atoms with Gasteiger partial charge in [-0.25, -0.2) is 13.8 Å². The van der Waals surface area contributed by atoms with Crippen LogP contribution in [0.15, 0.2) is 48.5 Å². The molecule has 4 aromatic rings. The van der Waals surface area contributed by atoms with Crippen molar-refractivity contribution in [3.63, 3.8) is 0 Å². The highest BCUT2D eigenvalue weighted by Gasteiger charge is 2.23. The third-order valence-corrected chi connectivity index (χ3v) is 5.80. The van der Waals surface area contributed by atoms with Crippen molar-refractivity contribution in [2.75, 3.05) is 36.8 Å². The highest BCUT2D eigenvalue weighted by molar-refractivity contribution is 5.98. The van der Waals surface area contributed by atoms with Gasteiger partial charge in [0.05, 0.1) is 11.1 Å². The first-order chi connectivity index (χ1) is 15.5. The maximum atomic E-state index is 13.9. The van der Waals surface area contributed by atoms with Crippen molar-refractivity contribution in [1.29, 1.82) is 0 Å². The van der Waals surface area contributed by atoms with Crippen LogP contribution in [0.5, 0.6) is 0 Å². The predicted octanol–water partition coefficient (Wildman–Crippen LogP) is 3.21. The first-order valence-electron chi connectivity index (χ1n) is 10.5. The third kappa shape index (κ3) is 3.87. The van der Waals surface area contributed by atoms with Crippen molar-refractivity contribution in [2.24, 2.45) is 7.05 Å². The molecule has 1 aliphatic rings. The molecule has 1 saturated heterocycles. The zero-order chi connectivity index (χ0) is 22.2. The summed E-state index contributed by atoms with van der Waals surface area (Å²) in [5.41, 5.74) is 9.00. The third-order valence-electron chi connectivity index (χ3n) is 5.80. The van der Waals surface area contributed by atoms with E-state index in [9.17, 15) is 8.78 Å². The quantitative estimate of drug-likeness (QED) is 0.531. The number of aromatic nitrogens is 4. The Hall–Kier alpha value is -3.59. The summed E-state index contributed by atoms with van der Waals surface area (Å²) in [6.45, 7) is 3.87. The fraction of sp³-hybridized carbons (Fsp3) is 0.261. The lowest BCUT2D eigenvalue weighted by Crippen LogP contribution is -2.46. The van der Waals surface area contributed by atoms with Gasteiger partial charge in [-0.05, 0) is 29.8 Å². The summed E-state index contributed by atoms with van der Waals surface area (Å²) >= 11 is 0. The van der Waals surface area contributed by atoms with Crippen LogP contribution in [0.25, 0.3) is 22.3 Å². The van der Waals surface area contributed by atoms with E-state index in [0.717, 1.165) is 38.3 Å². The molecule has 0 amide bonds. The summed E-state index contributed by atoms with van der Waals surface area (Å²) in [5, 5.41) is 5.06. The van der Waals surface area contributed by atoms with E-state index in [0.29, 0.717) is 34.1 Å². The van der Waals surface area contributed by atoms with E-state index in [2.05, 4.69) is 19.9 Å². The number of nitrogens with two attached hydrogens (primary N) is 1. The number of nitrogens with zero attached hydrogens (tertiary/aromatic N) is 6. The first kappa shape index (κ1) is 20.3. The van der Waals surface area contributed by atoms with Gasteiger partial charge in [-0.2, -0.15) is 10.1 Å². The Kier molecular flexibility index (Phi) is 5.18. The van der Waals surface area contributed by atoms with Crippen molar-refractivity contribution >= 4 is 22.8 Å². The summed E-state index contributed by atoms with van der Waals surface area (Å²) in [6, 6.07) is 12.9. The molecular formula is C23H23F2N7. The minimum absolute atomic E-state index is 0.227. The van der Waals surface area contributed by atoms with E-state index in [1.54, 1.807) is 17.8 Å². The van der Waals surface area contributed by atoms with Crippen LogP contribution in [0.1, 0.15) is 5.56 Å². The maximum absolute atomic E-state index is 13.9. The molecule has 5 rings (SSSR count). The summed E-state index contributed by atoms with van der Waals surface area (Å²) in [7, 11) is 1.75. The van der Waals surface area contributed by atoms with Gasteiger partial charge in [-0.3, -0.25) is 9.58 Å². The second kappa shape index (κ2) is 8.16. The van der Waals surface area contributed by atoms with Gasteiger partial charge in [-0.15, -0.1) is 0 Å². The van der Waals surface area contributed by atoms with Crippen LogP contribution in [0, 0.1) is 11.6 Å². The first-order valence-corrected chi connectivity index (χ1v) is 10.5. The average Bonchev–Trinajstić information content (AvgIpc) is 3.09. The molecule has 0 unspecified atom stereocenters. The lowest BCUT2D eigenvalue weighted by atomic mass is 10.1. The van der Waals surface area contributed by atoms with Crippen LogP contribution in [0.2, 0.25) is 0 Å². The standard InChI is InChI=1S/C23H23F2N7/c1-30-21(26)19-20(16-3-2-4-18(25)13-16)27-23(28-22(19)29-30)32-11-9-31(10-12-32)14-15-5-7-17(24)8-6-15/h2-8,13H,9-12,14,26H2,1H3. The van der Waals surface area contributed by atoms with Crippen LogP contribution >= 0.6 is 0 Å². The molecule has 9 heteroatoms. The summed E-state index contributed by atoms with van der Waals surface area (Å²) in [5.74, 6) is 0.425. The Morgan fingerprint density at radius 3 is 2.41 bits per heavy atom. The van der Waals surface area contributed by atoms with Gasteiger partial charge in [0.1, 0.15) is 17.5 Å². The molecule has 32 heavy (non-hydrogen) atoms. The maximum Gasteiger partial charge on any atom is 0.228 e. The van der Waals surface area contributed by atoms with Gasteiger partial charge in [-0.1, -0.05) is 24.3 Å². The monoisotopic (exact) mass is 435 g/mol. The van der Waals surface area contributed by atoms with Crippen LogP contribution in [-0.2, 0) is 13.6 Å². The van der Waals surface area contributed by atoms with Gasteiger partial charge < -0.3 is 10.6 Å². The van der Waals surface area contributed by atoms with Crippen molar-refractivity contribution in [2.45, 2.75) is 6.54 Å². The summed E-state index contributed by atoms with van der Waals surface area (Å²) in [4.78, 5) is 13.9. The number of benzene rings is 2. The minimum Gasteiger partial charge on any atom is -0.383 e. The smallest absolute Gasteiger partial charge is 0.228 e. The van der Waals surface area contributed by atoms with E-state index in [1.165, 1.54) is 24.3 Å². The average molecular weight is 435 g/mol. The van der Waals surface area contributed by atoms with Gasteiger partial charge in [0.2, 0.25) is 5.95 Å². The molecule has 0 saturated carbocycles. The van der Waals surface area contributed by atoms with Gasteiger partial charge in [0.15, 0.2) is 5.65 Å². The van der Waals surface area contributed by atoms with Crippen molar-refractivity contribution in [3.05, 3.63) is 65.7 Å². The molecule has 2 aromatic carbocycles. The van der Waals surface area contributed by atoms with E-state index < -0.39 is 0 Å². The number of rotatable bonds is 4. The molecule has 1 aliphatic heterocycles. The molecule has 3 heterocycles. The number of piperazine rings is 1. The molecule has 7 nitrogen and oxygen atoms in total. The summed E-state index contributed by atoms with van der Waals surface area (Å²) in [6.07, 6.45) is 0. The fourth-order valence-electron chi connectivity index (χ4n) is 4.04. The number of hydrogen-bond donors (Lipinski definition) is 1. The molecule has 2 N–H and O–H groups in total. The molecule has 1 fully saturated rings. The molecule has 0 aliphatic carbocycles. The number of aryl methyl sites for hydroxylation is 1. The Labute approximate surface area is 184 Å². The Balaban J connectivity index is 1.42. The zero-order valence-electron chi connectivity index (χ0n) is 17.7. The van der Waals surface area contributed by atoms with E-state index in [1.807, 2.05) is 18.2 Å². The summed E-state index contributed by atoms with van der Waals surface area (Å²) < 4.78 is 28.6. The largest absolute Gasteiger partial charge is 0.383 e. The van der Waals surface area contributed by atoms with Crippen molar-refractivity contribution < 1.29 is 8.78 Å². The van der Waals surface area contributed by atoms with Gasteiger partial charge in [0.25, 0.3) is 0 Å². The lowest BCUT2D eigenvalue weighted by Gasteiger charge is -2.34. The second-order valence-corrected chi connectivity index (χ2v) is 7.98. The van der Waals surface area contributed by atoms with E-state index in [-0.39, 0.29) is 11.6 Å². The van der Waals surface area contributed by atoms with Crippen LogP contribution < -0.4 is 10.6 Å². The molecule has 164 valence electrons. The van der Waals surface area contributed by atoms with Gasteiger partial charge >= 0.3 is 0 Å². The Morgan fingerprint density at radius 1 is 0.938 bits per heavy atom. The van der Waals surface area contributed by atoms with Gasteiger partial charge in [0, 0.05) is 45.3 Å². The highest BCUT2D eigenvalue weighted by Crippen LogP contribution is 2.32. The normalized spacial score (nSPS) is 14.9. The SMILES string of the molecule is Cn1nc2nc(N3CCN(Cc4ccc(F)cc4)CC3)nc(-c3cccc(F)c3)c2c1N. The van der Waals surface area contributed by atoms with Crippen molar-refractivity contribution in [1.82, 2.24) is 24.6 Å². The number of fused-ring (bicyclic) bond motifs is 1. The Morgan fingerprint density at radius 2 is 1.69 bits per heavy atom. The topological polar surface area (TPSA) is 76.1 Å². The lowest BCUT2D eigenvalue weighted by molar-refractivity contribution is 0.248. The van der Waals surface area contributed by atoms with Crippen LogP contribution in [0.4, 0.5) is 20.5 Å². The Bertz CT molecular complexity index is 1260. The molecule has 0 atom stereocenters. The van der Waals surface area contributed by atoms with Crippen LogP contribution in [-0.4, -0.2) is 50.8 Å².